The number of ketones is 1. The lowest BCUT2D eigenvalue weighted by molar-refractivity contribution is 0.0909. The number of hydrogen-bond acceptors (Lipinski definition) is 5. The Morgan fingerprint density at radius 1 is 1.11 bits per heavy atom. The number of ether oxygens (including phenoxy) is 2. The van der Waals surface area contributed by atoms with Gasteiger partial charge in [0.1, 0.15) is 17.1 Å². The lowest BCUT2D eigenvalue weighted by atomic mass is 10.0. The number of nitrogens with zero attached hydrogens (tertiary/aromatic N) is 1. The van der Waals surface area contributed by atoms with E-state index in [0.29, 0.717) is 45.0 Å². The second kappa shape index (κ2) is 11.5. The number of carbonyl (C=O) groups excluding carboxylic acids is 2. The van der Waals surface area contributed by atoms with Crippen molar-refractivity contribution in [2.24, 2.45) is 0 Å². The second-order valence-electron chi connectivity index (χ2n) is 9.16. The SMILES string of the molecule is CC(C)=C1Oc2cccc(OCCCCN3CCC(NC(=O)c4ccc(Cl)c(Cl)c4)CC3)c2C1=O. The van der Waals surface area contributed by atoms with E-state index >= 15 is 0 Å². The van der Waals surface area contributed by atoms with Crippen molar-refractivity contribution in [1.82, 2.24) is 10.2 Å². The fraction of sp³-hybridized carbons (Fsp3) is 0.407. The number of hydrogen-bond donors (Lipinski definition) is 1. The van der Waals surface area contributed by atoms with Crippen molar-refractivity contribution in [3.05, 3.63) is 68.9 Å². The maximum Gasteiger partial charge on any atom is 0.251 e. The van der Waals surface area contributed by atoms with Gasteiger partial charge in [0.25, 0.3) is 5.91 Å². The van der Waals surface area contributed by atoms with Crippen molar-refractivity contribution in [1.29, 1.82) is 0 Å². The first-order valence-electron chi connectivity index (χ1n) is 12.0. The van der Waals surface area contributed by atoms with Crippen LogP contribution in [0.2, 0.25) is 10.0 Å². The lowest BCUT2D eigenvalue weighted by Gasteiger charge is -2.32. The van der Waals surface area contributed by atoms with Gasteiger partial charge in [-0.1, -0.05) is 29.3 Å². The van der Waals surface area contributed by atoms with Gasteiger partial charge in [-0.2, -0.15) is 0 Å². The summed E-state index contributed by atoms with van der Waals surface area (Å²) in [6.07, 6.45) is 3.71. The van der Waals surface area contributed by atoms with Crippen LogP contribution in [-0.4, -0.2) is 48.9 Å². The zero-order valence-corrected chi connectivity index (χ0v) is 21.5. The summed E-state index contributed by atoms with van der Waals surface area (Å²) in [6, 6.07) is 10.6. The standard InChI is InChI=1S/C27H30Cl2N2O4/c1-17(2)26-25(32)24-22(6-5-7-23(24)35-26)34-15-4-3-12-31-13-10-19(11-14-31)30-27(33)18-8-9-20(28)21(29)16-18/h5-9,16,19H,3-4,10-15H2,1-2H3,(H,30,33). The van der Waals surface area contributed by atoms with Gasteiger partial charge in [-0.3, -0.25) is 9.59 Å². The topological polar surface area (TPSA) is 67.9 Å². The fourth-order valence-corrected chi connectivity index (χ4v) is 4.66. The van der Waals surface area contributed by atoms with Gasteiger partial charge in [0.15, 0.2) is 5.76 Å². The van der Waals surface area contributed by atoms with Crippen LogP contribution in [0.3, 0.4) is 0 Å². The lowest BCUT2D eigenvalue weighted by Crippen LogP contribution is -2.44. The molecule has 8 heteroatoms. The molecule has 0 unspecified atom stereocenters. The van der Waals surface area contributed by atoms with Crippen LogP contribution >= 0.6 is 23.2 Å². The number of likely N-dealkylation sites (tertiary alicyclic amines) is 1. The third-order valence-electron chi connectivity index (χ3n) is 6.32. The van der Waals surface area contributed by atoms with Crippen LogP contribution < -0.4 is 14.8 Å². The molecule has 0 aliphatic carbocycles. The summed E-state index contributed by atoms with van der Waals surface area (Å²) in [5.74, 6) is 1.32. The van der Waals surface area contributed by atoms with Crippen molar-refractivity contribution in [3.63, 3.8) is 0 Å². The van der Waals surface area contributed by atoms with E-state index in [0.717, 1.165) is 50.9 Å². The summed E-state index contributed by atoms with van der Waals surface area (Å²) in [5.41, 5.74) is 1.90. The third kappa shape index (κ3) is 6.18. The molecule has 2 aliphatic heterocycles. The molecule has 0 spiro atoms. The number of unbranched alkanes of at least 4 members (excludes halogenated alkanes) is 1. The number of halogens is 2. The molecule has 4 rings (SSSR count). The summed E-state index contributed by atoms with van der Waals surface area (Å²) in [5, 5.41) is 3.92. The molecule has 6 nitrogen and oxygen atoms in total. The van der Waals surface area contributed by atoms with E-state index in [2.05, 4.69) is 10.2 Å². The quantitative estimate of drug-likeness (QED) is 0.348. The van der Waals surface area contributed by atoms with Gasteiger partial charge in [-0.15, -0.1) is 0 Å². The van der Waals surface area contributed by atoms with Gasteiger partial charge in [0.05, 0.1) is 16.7 Å². The van der Waals surface area contributed by atoms with E-state index in [1.54, 1.807) is 24.3 Å². The van der Waals surface area contributed by atoms with Gasteiger partial charge in [0, 0.05) is 24.7 Å². The van der Waals surface area contributed by atoms with Gasteiger partial charge in [-0.05, 0) is 82.0 Å². The van der Waals surface area contributed by atoms with E-state index in [1.165, 1.54) is 0 Å². The van der Waals surface area contributed by atoms with Crippen LogP contribution in [0.15, 0.2) is 47.7 Å². The molecule has 0 bridgehead atoms. The molecule has 2 aliphatic rings. The van der Waals surface area contributed by atoms with Crippen LogP contribution in [0.1, 0.15) is 60.2 Å². The molecule has 0 atom stereocenters. The highest BCUT2D eigenvalue weighted by Crippen LogP contribution is 2.38. The summed E-state index contributed by atoms with van der Waals surface area (Å²) in [4.78, 5) is 27.6. The Morgan fingerprint density at radius 3 is 2.60 bits per heavy atom. The highest BCUT2D eigenvalue weighted by Gasteiger charge is 2.31. The summed E-state index contributed by atoms with van der Waals surface area (Å²) in [7, 11) is 0. The number of rotatable bonds is 8. The number of benzene rings is 2. The van der Waals surface area contributed by atoms with E-state index in [4.69, 9.17) is 32.7 Å². The predicted octanol–water partition coefficient (Wildman–Crippen LogP) is 5.92. The smallest absolute Gasteiger partial charge is 0.251 e. The molecule has 186 valence electrons. The van der Waals surface area contributed by atoms with Crippen molar-refractivity contribution in [2.75, 3.05) is 26.2 Å². The first-order chi connectivity index (χ1) is 16.8. The molecule has 0 radical (unpaired) electrons. The molecule has 1 saturated heterocycles. The molecule has 2 aromatic rings. The maximum atomic E-state index is 12.6. The van der Waals surface area contributed by atoms with Gasteiger partial charge in [-0.25, -0.2) is 0 Å². The number of nitrogens with one attached hydrogen (secondary N) is 1. The minimum absolute atomic E-state index is 0.107. The fourth-order valence-electron chi connectivity index (χ4n) is 4.37. The Morgan fingerprint density at radius 2 is 1.89 bits per heavy atom. The molecule has 1 fully saturated rings. The zero-order valence-electron chi connectivity index (χ0n) is 20.0. The molecular weight excluding hydrogens is 487 g/mol. The Labute approximate surface area is 216 Å². The largest absolute Gasteiger partial charge is 0.493 e. The second-order valence-corrected chi connectivity index (χ2v) is 9.98. The van der Waals surface area contributed by atoms with E-state index < -0.39 is 0 Å². The van der Waals surface area contributed by atoms with Crippen LogP contribution in [-0.2, 0) is 0 Å². The predicted molar refractivity (Wildman–Crippen MR) is 138 cm³/mol. The highest BCUT2D eigenvalue weighted by molar-refractivity contribution is 6.42. The molecule has 2 aromatic carbocycles. The Bertz CT molecular complexity index is 1140. The third-order valence-corrected chi connectivity index (χ3v) is 7.06. The summed E-state index contributed by atoms with van der Waals surface area (Å²) in [6.45, 7) is 7.14. The maximum absolute atomic E-state index is 12.6. The first-order valence-corrected chi connectivity index (χ1v) is 12.7. The minimum atomic E-state index is -0.118. The van der Waals surface area contributed by atoms with Crippen molar-refractivity contribution >= 4 is 34.9 Å². The molecule has 0 aromatic heterocycles. The van der Waals surface area contributed by atoms with Crippen LogP contribution in [0.5, 0.6) is 11.5 Å². The van der Waals surface area contributed by atoms with Crippen LogP contribution in [0.4, 0.5) is 0 Å². The number of carbonyl (C=O) groups is 2. The monoisotopic (exact) mass is 516 g/mol. The Balaban J connectivity index is 1.16. The van der Waals surface area contributed by atoms with E-state index in [1.807, 2.05) is 26.0 Å². The number of amides is 1. The molecular formula is C27H30Cl2N2O4. The van der Waals surface area contributed by atoms with Crippen molar-refractivity contribution in [3.8, 4) is 11.5 Å². The summed E-state index contributed by atoms with van der Waals surface area (Å²) >= 11 is 12.0. The zero-order chi connectivity index (χ0) is 24.9. The molecule has 35 heavy (non-hydrogen) atoms. The average molecular weight is 517 g/mol. The van der Waals surface area contributed by atoms with Gasteiger partial charge < -0.3 is 19.7 Å². The first kappa shape index (κ1) is 25.5. The van der Waals surface area contributed by atoms with E-state index in [-0.39, 0.29) is 17.7 Å². The van der Waals surface area contributed by atoms with E-state index in [9.17, 15) is 9.59 Å². The summed E-state index contributed by atoms with van der Waals surface area (Å²) < 4.78 is 11.7. The average Bonchev–Trinajstić information content (AvgIpc) is 3.19. The molecule has 1 N–H and O–H groups in total. The van der Waals surface area contributed by atoms with Crippen LogP contribution in [0.25, 0.3) is 0 Å². The number of fused-ring (bicyclic) bond motifs is 1. The molecule has 0 saturated carbocycles. The minimum Gasteiger partial charge on any atom is -0.493 e. The molecule has 1 amide bonds. The normalized spacial score (nSPS) is 16.1. The van der Waals surface area contributed by atoms with Crippen molar-refractivity contribution < 1.29 is 19.1 Å². The van der Waals surface area contributed by atoms with Crippen LogP contribution in [0, 0.1) is 0 Å². The Kier molecular flexibility index (Phi) is 8.37. The number of piperidine rings is 1. The highest BCUT2D eigenvalue weighted by atomic mass is 35.5. The molecule has 2 heterocycles. The van der Waals surface area contributed by atoms with Gasteiger partial charge >= 0.3 is 0 Å². The van der Waals surface area contributed by atoms with Gasteiger partial charge in [0.2, 0.25) is 5.78 Å². The van der Waals surface area contributed by atoms with Crippen molar-refractivity contribution in [2.45, 2.75) is 45.6 Å². The number of allylic oxidation sites excluding steroid dienone is 2. The number of Topliss-reactive ketones (excluding diaryl/α,β-unsaturated/α-hetero) is 1. The Hall–Kier alpha value is -2.54.